The molecule has 488 valence electrons. The zero-order valence-corrected chi connectivity index (χ0v) is 55.6. The number of phenols is 3. The molecule has 3 amide bonds. The highest BCUT2D eigenvalue weighted by atomic mass is 35.5. The Labute approximate surface area is 552 Å². The summed E-state index contributed by atoms with van der Waals surface area (Å²) in [5.74, 6) is 0.352. The van der Waals surface area contributed by atoms with Crippen molar-refractivity contribution in [2.75, 3.05) is 0 Å². The highest BCUT2D eigenvalue weighted by Gasteiger charge is 2.33. The number of aliphatic carboxylic acids is 1. The van der Waals surface area contributed by atoms with Crippen molar-refractivity contribution in [1.82, 2.24) is 16.0 Å². The second kappa shape index (κ2) is 36.1. The lowest BCUT2D eigenvalue weighted by atomic mass is 9.77. The average molecular weight is 1300 g/mol. The van der Waals surface area contributed by atoms with Gasteiger partial charge in [-0.25, -0.2) is 0 Å². The van der Waals surface area contributed by atoms with Crippen molar-refractivity contribution < 1.29 is 49.2 Å². The fourth-order valence-corrected chi connectivity index (χ4v) is 13.4. The minimum absolute atomic E-state index is 0.0297. The Morgan fingerprint density at radius 2 is 0.736 bits per heavy atom. The van der Waals surface area contributed by atoms with E-state index in [1.54, 1.807) is 71.0 Å². The van der Waals surface area contributed by atoms with E-state index in [-0.39, 0.29) is 77.1 Å². The highest BCUT2D eigenvalue weighted by Crippen LogP contribution is 2.39. The number of amides is 3. The third-order valence-corrected chi connectivity index (χ3v) is 18.5. The number of hydrogen-bond donors (Lipinski definition) is 8. The van der Waals surface area contributed by atoms with E-state index in [2.05, 4.69) is 52.3 Å². The number of carboxylic acid groups (broad SMARTS) is 1. The Balaban J connectivity index is 0.000000203. The molecule has 3 aliphatic carbocycles. The van der Waals surface area contributed by atoms with Crippen LogP contribution in [-0.4, -0.2) is 73.8 Å². The Morgan fingerprint density at radius 3 is 1.03 bits per heavy atom. The predicted molar refractivity (Wildman–Crippen MR) is 362 cm³/mol. The van der Waals surface area contributed by atoms with Crippen LogP contribution in [-0.2, 0) is 48.2 Å². The molecule has 9 rings (SSSR count). The number of carbonyl (C=O) groups is 6. The number of carboxylic acids is 1. The normalized spacial score (nSPS) is 19.5. The molecule has 17 heteroatoms. The lowest BCUT2D eigenvalue weighted by molar-refractivity contribution is -0.142. The number of carbonyl (C=O) groups excluding carboxylic acids is 5. The van der Waals surface area contributed by atoms with Crippen LogP contribution in [0.2, 0.25) is 15.1 Å². The van der Waals surface area contributed by atoms with Crippen LogP contribution in [0.15, 0.2) is 127 Å². The van der Waals surface area contributed by atoms with Gasteiger partial charge in [0, 0.05) is 57.8 Å². The molecule has 0 heterocycles. The minimum atomic E-state index is -0.992. The third kappa shape index (κ3) is 22.5. The first kappa shape index (κ1) is 72.8. The van der Waals surface area contributed by atoms with Gasteiger partial charge in [-0.3, -0.25) is 28.8 Å². The summed E-state index contributed by atoms with van der Waals surface area (Å²) in [4.78, 5) is 73.6. The number of aromatic hydroxyl groups is 3. The number of nitrogens with one attached hydrogen (secondary N) is 3. The standard InChI is InChI=1S/2C25H30ClNO3.C16H21NO3.C8H10ClNO/c2*1-16-13-22(26)15-20(24(16)29)11-12-23(28)17(2)27-25(30)21-10-6-9-19(14-21)18-7-4-3-5-8-18;1-11(16(19)20)17-15(18)14-9-5-8-13(10-14)12-6-3-2-4-7-12;1-5-2-7(9)3-6(4-10)8(5)11/h2*3-5,7-8,13,15,17,19,21,29H,6,9-12,14H2,1-2H3,(H,27,30);2-4,6-7,11,13-14H,5,8-10H2,1H3,(H,17,18)(H,19,20);2-3,11H,4,10H2,1H3/t2*17-,19-,21+;11-,13-,14+;/m000./s1. The lowest BCUT2D eigenvalue weighted by Gasteiger charge is -2.29. The third-order valence-electron chi connectivity index (χ3n) is 17.9. The summed E-state index contributed by atoms with van der Waals surface area (Å²) in [6.07, 6.45) is 12.7. The molecule has 91 heavy (non-hydrogen) atoms. The van der Waals surface area contributed by atoms with Gasteiger partial charge in [-0.1, -0.05) is 145 Å². The highest BCUT2D eigenvalue weighted by molar-refractivity contribution is 6.31. The molecule has 0 aliphatic heterocycles. The van der Waals surface area contributed by atoms with Crippen LogP contribution in [0.4, 0.5) is 0 Å². The zero-order valence-electron chi connectivity index (χ0n) is 53.3. The van der Waals surface area contributed by atoms with Crippen molar-refractivity contribution in [3.63, 3.8) is 0 Å². The Bertz CT molecular complexity index is 3240. The Hall–Kier alpha value is -7.23. The van der Waals surface area contributed by atoms with E-state index in [1.807, 2.05) is 54.6 Å². The van der Waals surface area contributed by atoms with Gasteiger partial charge in [0.2, 0.25) is 17.7 Å². The topological polar surface area (TPSA) is 245 Å². The minimum Gasteiger partial charge on any atom is -0.507 e. The van der Waals surface area contributed by atoms with Crippen LogP contribution in [0.1, 0.15) is 178 Å². The monoisotopic (exact) mass is 1300 g/mol. The maximum Gasteiger partial charge on any atom is 0.325 e. The molecule has 0 spiro atoms. The molecule has 0 saturated heterocycles. The van der Waals surface area contributed by atoms with Gasteiger partial charge in [-0.2, -0.15) is 0 Å². The first-order valence-electron chi connectivity index (χ1n) is 31.9. The quantitative estimate of drug-likeness (QED) is 0.0379. The molecule has 6 aromatic carbocycles. The summed E-state index contributed by atoms with van der Waals surface area (Å²) in [6, 6.07) is 39.2. The van der Waals surface area contributed by atoms with E-state index < -0.39 is 24.1 Å². The van der Waals surface area contributed by atoms with Crippen LogP contribution in [0.5, 0.6) is 17.2 Å². The number of rotatable bonds is 19. The number of phenolic OH excluding ortho intramolecular Hbond substituents is 3. The molecule has 6 aromatic rings. The molecule has 0 unspecified atom stereocenters. The fourth-order valence-electron chi connectivity index (χ4n) is 12.5. The van der Waals surface area contributed by atoms with E-state index in [9.17, 15) is 44.1 Å². The largest absolute Gasteiger partial charge is 0.507 e. The molecule has 14 nitrogen and oxygen atoms in total. The summed E-state index contributed by atoms with van der Waals surface area (Å²) in [6.45, 7) is 10.6. The smallest absolute Gasteiger partial charge is 0.325 e. The van der Waals surface area contributed by atoms with Crippen LogP contribution in [0.3, 0.4) is 0 Å². The second-order valence-electron chi connectivity index (χ2n) is 24.8. The van der Waals surface area contributed by atoms with Gasteiger partial charge in [-0.15, -0.1) is 0 Å². The number of ketones is 2. The van der Waals surface area contributed by atoms with E-state index in [4.69, 9.17) is 45.6 Å². The Morgan fingerprint density at radius 1 is 0.451 bits per heavy atom. The average Bonchev–Trinajstić information content (AvgIpc) is 2.60. The van der Waals surface area contributed by atoms with Crippen molar-refractivity contribution in [1.29, 1.82) is 0 Å². The van der Waals surface area contributed by atoms with Gasteiger partial charge < -0.3 is 42.1 Å². The number of hydrogen-bond acceptors (Lipinski definition) is 10. The molecule has 3 fully saturated rings. The van der Waals surface area contributed by atoms with Crippen molar-refractivity contribution in [3.8, 4) is 17.2 Å². The molecule has 3 saturated carbocycles. The van der Waals surface area contributed by atoms with E-state index >= 15 is 0 Å². The lowest BCUT2D eigenvalue weighted by Crippen LogP contribution is -2.42. The van der Waals surface area contributed by atoms with E-state index in [0.717, 1.165) is 82.6 Å². The fraction of sp³-hybridized carbons (Fsp3) is 0.432. The summed E-state index contributed by atoms with van der Waals surface area (Å²) in [5.41, 5.74) is 13.4. The zero-order chi connectivity index (χ0) is 66.3. The number of nitrogens with two attached hydrogens (primary N) is 1. The van der Waals surface area contributed by atoms with Crippen molar-refractivity contribution in [3.05, 3.63) is 193 Å². The van der Waals surface area contributed by atoms with Crippen molar-refractivity contribution in [2.24, 2.45) is 23.5 Å². The number of Topliss-reactive ketones (excluding diaryl/α,β-unsaturated/α-hetero) is 2. The van der Waals surface area contributed by atoms with Crippen molar-refractivity contribution in [2.45, 2.75) is 187 Å². The molecule has 9 atom stereocenters. The van der Waals surface area contributed by atoms with Crippen LogP contribution in [0.25, 0.3) is 0 Å². The van der Waals surface area contributed by atoms with Crippen LogP contribution < -0.4 is 21.7 Å². The van der Waals surface area contributed by atoms with E-state index in [1.165, 1.54) is 23.6 Å². The summed E-state index contributed by atoms with van der Waals surface area (Å²) in [7, 11) is 0. The Kier molecular flexibility index (Phi) is 28.9. The maximum absolute atomic E-state index is 12.8. The van der Waals surface area contributed by atoms with Gasteiger partial charge in [-0.05, 0) is 211 Å². The predicted octanol–water partition coefficient (Wildman–Crippen LogP) is 15.0. The van der Waals surface area contributed by atoms with Crippen LogP contribution in [0, 0.1) is 38.5 Å². The number of halogens is 3. The van der Waals surface area contributed by atoms with Gasteiger partial charge in [0.05, 0.1) is 12.1 Å². The van der Waals surface area contributed by atoms with E-state index in [0.29, 0.717) is 80.0 Å². The molecule has 0 aromatic heterocycles. The summed E-state index contributed by atoms with van der Waals surface area (Å²) < 4.78 is 0. The van der Waals surface area contributed by atoms with Gasteiger partial charge >= 0.3 is 5.97 Å². The van der Waals surface area contributed by atoms with Crippen molar-refractivity contribution >= 4 is 70.1 Å². The van der Waals surface area contributed by atoms with Gasteiger partial charge in [0.15, 0.2) is 11.6 Å². The summed E-state index contributed by atoms with van der Waals surface area (Å²) in [5, 5.41) is 48.7. The first-order valence-corrected chi connectivity index (χ1v) is 33.0. The first-order chi connectivity index (χ1) is 43.4. The molecule has 3 aliphatic rings. The van der Waals surface area contributed by atoms with Gasteiger partial charge in [0.25, 0.3) is 0 Å². The number of benzene rings is 6. The molecular formula is C74H91Cl3N4O10. The molecule has 9 N–H and O–H groups in total. The maximum atomic E-state index is 12.8. The molecule has 0 radical (unpaired) electrons. The second-order valence-corrected chi connectivity index (χ2v) is 26.1. The van der Waals surface area contributed by atoms with Gasteiger partial charge in [0.1, 0.15) is 23.3 Å². The molecule has 0 bridgehead atoms. The molecular weight excluding hydrogens is 1210 g/mol. The van der Waals surface area contributed by atoms with Crippen LogP contribution >= 0.6 is 34.8 Å². The SMILES string of the molecule is C[C@H](NC(=O)[C@@H]1CCC[C@H](c2ccccc2)C1)C(=O)O.Cc1cc(Cl)cc(CCC(=O)[C@H](C)NC(=O)[C@@H]2CCC[C@H](c3ccccc3)C2)c1O.Cc1cc(Cl)cc(CCC(=O)[C@H](C)NC(=O)[C@@H]2CCC[C@H](c3ccccc3)C2)c1O.Cc1cc(Cl)cc(CN)c1O. The number of aryl methyl sites for hydroxylation is 5. The summed E-state index contributed by atoms with van der Waals surface area (Å²) >= 11 is 17.8.